The van der Waals surface area contributed by atoms with Crippen LogP contribution in [0.15, 0.2) is 188 Å². The van der Waals surface area contributed by atoms with Crippen molar-refractivity contribution in [3.8, 4) is 56.4 Å². The second-order valence-electron chi connectivity index (χ2n) is 14.0. The van der Waals surface area contributed by atoms with Crippen LogP contribution in [0.2, 0.25) is 0 Å². The van der Waals surface area contributed by atoms with Gasteiger partial charge in [0, 0.05) is 22.1 Å². The standard InChI is InChI=1S/C49H37N3/c1-48(2)43-30-14-12-28-41(43)42-29-13-15-31-44(42)49(48,39-25-10-5-11-26-39)40-27-17-23-37(33-40)36-22-16-24-38(32-36)47-51-45(34-18-6-3-7-19-34)50-46(52-47)35-20-8-4-9-21-35/h3-33H,1-2H3. The molecule has 7 aromatic carbocycles. The number of rotatable bonds is 6. The molecule has 3 heteroatoms. The maximum atomic E-state index is 5.02. The third-order valence-electron chi connectivity index (χ3n) is 10.8. The van der Waals surface area contributed by atoms with Crippen molar-refractivity contribution >= 4 is 0 Å². The Labute approximate surface area is 305 Å². The Morgan fingerprint density at radius 3 is 1.35 bits per heavy atom. The van der Waals surface area contributed by atoms with Crippen LogP contribution < -0.4 is 0 Å². The Morgan fingerprint density at radius 1 is 0.327 bits per heavy atom. The maximum Gasteiger partial charge on any atom is 0.164 e. The highest BCUT2D eigenvalue weighted by atomic mass is 15.0. The Morgan fingerprint density at radius 2 is 0.731 bits per heavy atom. The van der Waals surface area contributed by atoms with Gasteiger partial charge in [-0.25, -0.2) is 15.0 Å². The summed E-state index contributed by atoms with van der Waals surface area (Å²) in [4.78, 5) is 14.9. The van der Waals surface area contributed by atoms with Crippen molar-refractivity contribution in [1.29, 1.82) is 0 Å². The molecule has 0 aliphatic heterocycles. The van der Waals surface area contributed by atoms with Crippen molar-refractivity contribution in [2.45, 2.75) is 24.7 Å². The van der Waals surface area contributed by atoms with Crippen LogP contribution in [0.4, 0.5) is 0 Å². The van der Waals surface area contributed by atoms with Gasteiger partial charge in [-0.15, -0.1) is 0 Å². The van der Waals surface area contributed by atoms with Gasteiger partial charge in [0.05, 0.1) is 5.41 Å². The van der Waals surface area contributed by atoms with E-state index in [2.05, 4.69) is 141 Å². The van der Waals surface area contributed by atoms with Gasteiger partial charge >= 0.3 is 0 Å². The predicted octanol–water partition coefficient (Wildman–Crippen LogP) is 11.8. The van der Waals surface area contributed by atoms with E-state index >= 15 is 0 Å². The third-order valence-corrected chi connectivity index (χ3v) is 10.8. The number of aromatic nitrogens is 3. The van der Waals surface area contributed by atoms with Crippen molar-refractivity contribution in [3.63, 3.8) is 0 Å². The summed E-state index contributed by atoms with van der Waals surface area (Å²) in [7, 11) is 0. The van der Waals surface area contributed by atoms with Crippen molar-refractivity contribution in [2.75, 3.05) is 0 Å². The van der Waals surface area contributed by atoms with Crippen molar-refractivity contribution < 1.29 is 0 Å². The molecule has 52 heavy (non-hydrogen) atoms. The fourth-order valence-corrected chi connectivity index (χ4v) is 8.44. The summed E-state index contributed by atoms with van der Waals surface area (Å²) in [6, 6.07) is 67.0. The fraction of sp³-hybridized carbons (Fsp3) is 0.0816. The van der Waals surface area contributed by atoms with Crippen LogP contribution in [0, 0.1) is 0 Å². The molecule has 0 fully saturated rings. The predicted molar refractivity (Wildman–Crippen MR) is 213 cm³/mol. The zero-order valence-corrected chi connectivity index (χ0v) is 29.2. The fourth-order valence-electron chi connectivity index (χ4n) is 8.44. The van der Waals surface area contributed by atoms with Crippen molar-refractivity contribution in [3.05, 3.63) is 210 Å². The van der Waals surface area contributed by atoms with E-state index in [0.29, 0.717) is 17.5 Å². The zero-order chi connectivity index (χ0) is 35.1. The molecule has 1 atom stereocenters. The van der Waals surface area contributed by atoms with E-state index in [9.17, 15) is 0 Å². The highest BCUT2D eigenvalue weighted by Gasteiger charge is 2.54. The van der Waals surface area contributed by atoms with E-state index in [-0.39, 0.29) is 5.41 Å². The number of hydrogen-bond acceptors (Lipinski definition) is 3. The smallest absolute Gasteiger partial charge is 0.164 e. The second kappa shape index (κ2) is 12.7. The van der Waals surface area contributed by atoms with E-state index in [1.165, 1.54) is 33.4 Å². The van der Waals surface area contributed by atoms with Gasteiger partial charge in [-0.3, -0.25) is 0 Å². The van der Waals surface area contributed by atoms with Crippen molar-refractivity contribution in [2.24, 2.45) is 0 Å². The molecule has 0 amide bonds. The van der Waals surface area contributed by atoms with Gasteiger partial charge in [-0.1, -0.05) is 190 Å². The summed E-state index contributed by atoms with van der Waals surface area (Å²) in [6.45, 7) is 4.83. The van der Waals surface area contributed by atoms with Gasteiger partial charge in [0.25, 0.3) is 0 Å². The molecule has 0 saturated heterocycles. The average molecular weight is 668 g/mol. The number of hydrogen-bond donors (Lipinski definition) is 0. The summed E-state index contributed by atoms with van der Waals surface area (Å²) in [6.07, 6.45) is 0. The first-order valence-electron chi connectivity index (χ1n) is 17.9. The molecular formula is C49H37N3. The molecule has 0 radical (unpaired) electrons. The van der Waals surface area contributed by atoms with Crippen LogP contribution in [-0.2, 0) is 10.8 Å². The topological polar surface area (TPSA) is 38.7 Å². The summed E-state index contributed by atoms with van der Waals surface area (Å²) < 4.78 is 0. The van der Waals surface area contributed by atoms with Crippen LogP contribution in [0.3, 0.4) is 0 Å². The van der Waals surface area contributed by atoms with Crippen molar-refractivity contribution in [1.82, 2.24) is 15.0 Å². The third kappa shape index (κ3) is 5.08. The first-order valence-corrected chi connectivity index (χ1v) is 17.9. The molecule has 3 nitrogen and oxygen atoms in total. The highest BCUT2D eigenvalue weighted by Crippen LogP contribution is 2.60. The molecule has 1 aliphatic carbocycles. The highest BCUT2D eigenvalue weighted by molar-refractivity contribution is 5.82. The number of fused-ring (bicyclic) bond motifs is 3. The minimum atomic E-state index is -0.462. The average Bonchev–Trinajstić information content (AvgIpc) is 3.22. The van der Waals surface area contributed by atoms with Gasteiger partial charge in [-0.05, 0) is 56.6 Å². The lowest BCUT2D eigenvalue weighted by molar-refractivity contribution is 0.353. The molecule has 0 saturated carbocycles. The Kier molecular flexibility index (Phi) is 7.70. The first kappa shape index (κ1) is 31.5. The Hall–Kier alpha value is -6.45. The normalized spacial score (nSPS) is 15.7. The van der Waals surface area contributed by atoms with E-state index in [4.69, 9.17) is 15.0 Å². The minimum absolute atomic E-state index is 0.285. The van der Waals surface area contributed by atoms with Crippen LogP contribution in [0.25, 0.3) is 56.4 Å². The van der Waals surface area contributed by atoms with E-state index < -0.39 is 5.41 Å². The molecule has 1 heterocycles. The second-order valence-corrected chi connectivity index (χ2v) is 14.0. The number of nitrogens with zero attached hydrogens (tertiary/aromatic N) is 3. The lowest BCUT2D eigenvalue weighted by Crippen LogP contribution is -2.49. The SMILES string of the molecule is CC1(C)c2ccccc2-c2ccccc2C1(c1ccccc1)c1cccc(-c2cccc(-c3nc(-c4ccccc4)nc(-c4ccccc4)n3)c2)c1. The van der Waals surface area contributed by atoms with Gasteiger partial charge in [0.1, 0.15) is 0 Å². The summed E-state index contributed by atoms with van der Waals surface area (Å²) >= 11 is 0. The lowest BCUT2D eigenvalue weighted by atomic mass is 9.49. The summed E-state index contributed by atoms with van der Waals surface area (Å²) in [5.41, 5.74) is 12.1. The molecule has 1 aromatic heterocycles. The first-order chi connectivity index (χ1) is 25.5. The maximum absolute atomic E-state index is 5.02. The molecule has 0 bridgehead atoms. The molecule has 8 aromatic rings. The quantitative estimate of drug-likeness (QED) is 0.177. The molecule has 1 unspecified atom stereocenters. The minimum Gasteiger partial charge on any atom is -0.208 e. The summed E-state index contributed by atoms with van der Waals surface area (Å²) in [5, 5.41) is 0. The Bertz CT molecular complexity index is 2480. The van der Waals surface area contributed by atoms with Gasteiger partial charge in [-0.2, -0.15) is 0 Å². The molecule has 248 valence electrons. The van der Waals surface area contributed by atoms with E-state index in [1.54, 1.807) is 0 Å². The van der Waals surface area contributed by atoms with E-state index in [0.717, 1.165) is 27.8 Å². The molecule has 9 rings (SSSR count). The summed E-state index contributed by atoms with van der Waals surface area (Å²) in [5.74, 6) is 1.95. The molecule has 0 N–H and O–H groups in total. The van der Waals surface area contributed by atoms with Crippen LogP contribution in [0.1, 0.15) is 36.1 Å². The van der Waals surface area contributed by atoms with Gasteiger partial charge in [0.2, 0.25) is 0 Å². The van der Waals surface area contributed by atoms with Gasteiger partial charge in [0.15, 0.2) is 17.5 Å². The molecule has 0 spiro atoms. The molecular weight excluding hydrogens is 631 g/mol. The van der Waals surface area contributed by atoms with Crippen LogP contribution in [-0.4, -0.2) is 15.0 Å². The largest absolute Gasteiger partial charge is 0.208 e. The monoisotopic (exact) mass is 667 g/mol. The molecule has 1 aliphatic rings. The van der Waals surface area contributed by atoms with Crippen LogP contribution >= 0.6 is 0 Å². The Balaban J connectivity index is 1.22. The lowest BCUT2D eigenvalue weighted by Gasteiger charge is -2.53. The number of benzene rings is 7. The van der Waals surface area contributed by atoms with Gasteiger partial charge < -0.3 is 0 Å². The van der Waals surface area contributed by atoms with E-state index in [1.807, 2.05) is 60.7 Å². The zero-order valence-electron chi connectivity index (χ0n) is 29.2. The van der Waals surface area contributed by atoms with Crippen LogP contribution in [0.5, 0.6) is 0 Å².